The van der Waals surface area contributed by atoms with Crippen LogP contribution in [0, 0.1) is 13.8 Å². The van der Waals surface area contributed by atoms with E-state index in [1.165, 1.54) is 26.2 Å². The number of ether oxygens (including phenoxy) is 3. The molecule has 0 aromatic carbocycles. The van der Waals surface area contributed by atoms with Crippen molar-refractivity contribution in [3.63, 3.8) is 0 Å². The minimum atomic E-state index is -5.15. The van der Waals surface area contributed by atoms with E-state index in [0.717, 1.165) is 9.13 Å². The van der Waals surface area contributed by atoms with Crippen molar-refractivity contribution in [3.05, 3.63) is 65.2 Å². The van der Waals surface area contributed by atoms with Crippen LogP contribution in [0.25, 0.3) is 0 Å². The standard InChI is InChI=1S/C21H27N4O13P.Na/c1-9-4-24(19(30)22-16(9)28)13-3-11(27)12(36-13)6-35-39(32,33)38-15-14-18(37-21(15,7-26)8-34-14)25-5-10(2)17(29)23-20(25)31;/h4-5,11-15,18,26-27H,3,6-8H2,1-2H3,(H,32,33)(H,22,28,30)(H,23,29,31);/q;+1/p-1/t11-,12+,13+,14+,15-,18+,21-;/m0./s1. The monoisotopic (exact) mass is 596 g/mol. The predicted octanol–water partition coefficient (Wildman–Crippen LogP) is -6.12. The number of nitrogens with zero attached hydrogens (tertiary/aromatic N) is 2. The molecule has 0 saturated carbocycles. The van der Waals surface area contributed by atoms with Gasteiger partial charge in [0.1, 0.15) is 30.1 Å². The third kappa shape index (κ3) is 5.66. The van der Waals surface area contributed by atoms with Gasteiger partial charge in [-0.15, -0.1) is 0 Å². The summed E-state index contributed by atoms with van der Waals surface area (Å²) in [6.45, 7) is 1.29. The van der Waals surface area contributed by atoms with Crippen molar-refractivity contribution in [1.82, 2.24) is 19.1 Å². The van der Waals surface area contributed by atoms with E-state index in [4.69, 9.17) is 23.3 Å². The fraction of sp³-hybridized carbons (Fsp3) is 0.619. The number of phosphoric ester groups is 1. The molecule has 0 radical (unpaired) electrons. The Morgan fingerprint density at radius 3 is 2.35 bits per heavy atom. The predicted molar refractivity (Wildman–Crippen MR) is 125 cm³/mol. The van der Waals surface area contributed by atoms with Crippen molar-refractivity contribution in [1.29, 1.82) is 0 Å². The summed E-state index contributed by atoms with van der Waals surface area (Å²) in [4.78, 5) is 64.8. The van der Waals surface area contributed by atoms with E-state index in [1.54, 1.807) is 0 Å². The molecular weight excluding hydrogens is 570 g/mol. The summed E-state index contributed by atoms with van der Waals surface area (Å²) >= 11 is 0. The van der Waals surface area contributed by atoms with Gasteiger partial charge in [-0.05, 0) is 13.8 Å². The number of nitrogens with one attached hydrogen (secondary N) is 2. The van der Waals surface area contributed by atoms with Gasteiger partial charge < -0.3 is 38.4 Å². The van der Waals surface area contributed by atoms with Crippen LogP contribution in [0.2, 0.25) is 0 Å². The van der Waals surface area contributed by atoms with Crippen molar-refractivity contribution in [2.75, 3.05) is 19.8 Å². The van der Waals surface area contributed by atoms with E-state index in [0.29, 0.717) is 0 Å². The largest absolute Gasteiger partial charge is 1.00 e. The summed E-state index contributed by atoms with van der Waals surface area (Å²) < 4.78 is 42.0. The molecule has 8 atom stereocenters. The summed E-state index contributed by atoms with van der Waals surface area (Å²) in [5, 5.41) is 20.4. The Kier molecular flexibility index (Phi) is 8.98. The first-order valence-corrected chi connectivity index (χ1v) is 13.3. The molecule has 4 N–H and O–H groups in total. The molecular formula is C21H26N4NaO13P. The summed E-state index contributed by atoms with van der Waals surface area (Å²) in [5.74, 6) is 0. The number of hydrogen-bond donors (Lipinski definition) is 4. The number of phosphoric acid groups is 1. The Hall–Kier alpha value is -1.73. The normalized spacial score (nSPS) is 32.6. The number of hydrogen-bond acceptors (Lipinski definition) is 13. The van der Waals surface area contributed by atoms with Crippen molar-refractivity contribution >= 4 is 7.82 Å². The third-order valence-corrected chi connectivity index (χ3v) is 7.91. The average Bonchev–Trinajstić information content (AvgIpc) is 3.51. The number of rotatable bonds is 8. The first kappa shape index (κ1) is 31.2. The number of aromatic nitrogens is 4. The van der Waals surface area contributed by atoms with E-state index in [2.05, 4.69) is 9.97 Å². The van der Waals surface area contributed by atoms with Crippen LogP contribution in [0.5, 0.6) is 0 Å². The Morgan fingerprint density at radius 1 is 1.12 bits per heavy atom. The second-order valence-electron chi connectivity index (χ2n) is 9.67. The molecule has 2 bridgehead atoms. The van der Waals surface area contributed by atoms with E-state index < -0.39 is 86.0 Å². The molecule has 2 aromatic rings. The smallest absolute Gasteiger partial charge is 0.756 e. The number of aliphatic hydroxyl groups excluding tert-OH is 2. The summed E-state index contributed by atoms with van der Waals surface area (Å²) in [7, 11) is -5.15. The maximum absolute atomic E-state index is 12.8. The molecule has 40 heavy (non-hydrogen) atoms. The molecule has 3 fully saturated rings. The van der Waals surface area contributed by atoms with E-state index in [1.807, 2.05) is 0 Å². The molecule has 214 valence electrons. The van der Waals surface area contributed by atoms with Crippen molar-refractivity contribution in [2.45, 2.75) is 62.7 Å². The molecule has 5 rings (SSSR count). The van der Waals surface area contributed by atoms with Gasteiger partial charge in [0.25, 0.3) is 18.9 Å². The molecule has 0 spiro atoms. The van der Waals surface area contributed by atoms with E-state index in [9.17, 15) is 38.8 Å². The van der Waals surface area contributed by atoms with Crippen LogP contribution in [0.3, 0.4) is 0 Å². The van der Waals surface area contributed by atoms with Gasteiger partial charge >= 0.3 is 40.9 Å². The van der Waals surface area contributed by atoms with Crippen LogP contribution in [-0.4, -0.2) is 79.2 Å². The molecule has 3 saturated heterocycles. The zero-order valence-electron chi connectivity index (χ0n) is 21.7. The molecule has 1 unspecified atom stereocenters. The number of aromatic amines is 2. The minimum Gasteiger partial charge on any atom is -0.756 e. The Morgan fingerprint density at radius 2 is 1.73 bits per heavy atom. The fourth-order valence-corrected chi connectivity index (χ4v) is 5.82. The number of fused-ring (bicyclic) bond motifs is 2. The number of aryl methyl sites for hydroxylation is 2. The maximum atomic E-state index is 12.8. The van der Waals surface area contributed by atoms with Gasteiger partial charge in [0, 0.05) is 29.9 Å². The molecule has 17 nitrogen and oxygen atoms in total. The van der Waals surface area contributed by atoms with Gasteiger partial charge in [0.2, 0.25) is 0 Å². The van der Waals surface area contributed by atoms with Crippen molar-refractivity contribution in [3.8, 4) is 0 Å². The first-order valence-electron chi connectivity index (χ1n) is 11.9. The Bertz CT molecular complexity index is 1550. The van der Waals surface area contributed by atoms with Gasteiger partial charge in [-0.3, -0.25) is 33.3 Å². The van der Waals surface area contributed by atoms with Crippen LogP contribution in [0.4, 0.5) is 0 Å². The van der Waals surface area contributed by atoms with Crippen LogP contribution in [0.15, 0.2) is 31.6 Å². The summed E-state index contributed by atoms with van der Waals surface area (Å²) in [6, 6.07) is 0. The van der Waals surface area contributed by atoms with Crippen molar-refractivity contribution in [2.24, 2.45) is 0 Å². The average molecular weight is 596 g/mol. The van der Waals surface area contributed by atoms with Gasteiger partial charge in [0.15, 0.2) is 6.23 Å². The summed E-state index contributed by atoms with van der Waals surface area (Å²) in [6.07, 6.45) is -4.79. The van der Waals surface area contributed by atoms with Crippen molar-refractivity contribution < 1.29 is 72.5 Å². The molecule has 5 heterocycles. The topological polar surface area (TPSA) is 236 Å². The number of aliphatic hydroxyl groups is 2. The van der Waals surface area contributed by atoms with Gasteiger partial charge in [0.05, 0.1) is 25.9 Å². The van der Waals surface area contributed by atoms with Crippen LogP contribution >= 0.6 is 7.82 Å². The van der Waals surface area contributed by atoms with Crippen LogP contribution in [-0.2, 0) is 27.8 Å². The molecule has 3 aliphatic heterocycles. The second kappa shape index (κ2) is 11.5. The Balaban J connectivity index is 0.00000370. The van der Waals surface area contributed by atoms with Crippen LogP contribution in [0.1, 0.15) is 30.0 Å². The van der Waals surface area contributed by atoms with Crippen LogP contribution < -0.4 is 56.9 Å². The molecule has 3 aliphatic rings. The zero-order chi connectivity index (χ0) is 28.3. The van der Waals surface area contributed by atoms with Gasteiger partial charge in [-0.25, -0.2) is 9.59 Å². The fourth-order valence-electron chi connectivity index (χ4n) is 4.84. The van der Waals surface area contributed by atoms with E-state index in [-0.39, 0.29) is 53.7 Å². The Labute approximate surface area is 246 Å². The van der Waals surface area contributed by atoms with E-state index >= 15 is 0 Å². The van der Waals surface area contributed by atoms with Gasteiger partial charge in [-0.1, -0.05) is 0 Å². The first-order chi connectivity index (χ1) is 18.3. The molecule has 0 amide bonds. The number of H-pyrrole nitrogens is 2. The van der Waals surface area contributed by atoms with Gasteiger partial charge in [-0.2, -0.15) is 0 Å². The maximum Gasteiger partial charge on any atom is 1.00 e. The molecule has 19 heteroatoms. The molecule has 2 aromatic heterocycles. The quantitative estimate of drug-likeness (QED) is 0.164. The zero-order valence-corrected chi connectivity index (χ0v) is 24.6. The summed E-state index contributed by atoms with van der Waals surface area (Å²) in [5.41, 5.74) is -4.02. The SMILES string of the molecule is Cc1cn([C@@H]2O[C@@]3(CO)CO[C@@H]2[C@@H]3OP(=O)([O-])OC[C@H]2O[C@@H](n3cc(C)c(=O)[nH]c3=O)C[C@@H]2O)c(=O)[nH]c1=O.[Na+]. The minimum absolute atomic E-state index is 0. The molecule has 0 aliphatic carbocycles. The second-order valence-corrected chi connectivity index (χ2v) is 11.0. The third-order valence-electron chi connectivity index (χ3n) is 6.96.